The molecule has 0 saturated carbocycles. The lowest BCUT2D eigenvalue weighted by Crippen LogP contribution is -2.29. The van der Waals surface area contributed by atoms with Crippen LogP contribution in [0.1, 0.15) is 17.4 Å². The van der Waals surface area contributed by atoms with Gasteiger partial charge in [0.1, 0.15) is 29.2 Å². The normalized spacial score (nSPS) is 18.8. The van der Waals surface area contributed by atoms with Crippen molar-refractivity contribution in [3.05, 3.63) is 65.9 Å². The van der Waals surface area contributed by atoms with Crippen LogP contribution in [0.2, 0.25) is 0 Å². The van der Waals surface area contributed by atoms with Crippen LogP contribution in [0, 0.1) is 0 Å². The molecule has 2 atom stereocenters. The van der Waals surface area contributed by atoms with Crippen molar-refractivity contribution >= 4 is 11.0 Å². The Kier molecular flexibility index (Phi) is 2.54. The first kappa shape index (κ1) is 11.6. The summed E-state index contributed by atoms with van der Waals surface area (Å²) in [5.41, 5.74) is 8.41. The Hall–Kier alpha value is -2.26. The zero-order valence-electron chi connectivity index (χ0n) is 11.0. The van der Waals surface area contributed by atoms with Gasteiger partial charge in [0.05, 0.1) is 0 Å². The lowest BCUT2D eigenvalue weighted by Gasteiger charge is -2.16. The number of furan rings is 1. The Labute approximate surface area is 117 Å². The number of hydrogen-bond acceptors (Lipinski definition) is 3. The van der Waals surface area contributed by atoms with Gasteiger partial charge < -0.3 is 14.9 Å². The van der Waals surface area contributed by atoms with Crippen LogP contribution in [0.5, 0.6) is 5.75 Å². The highest BCUT2D eigenvalue weighted by Crippen LogP contribution is 2.34. The molecule has 3 aromatic rings. The van der Waals surface area contributed by atoms with Crippen molar-refractivity contribution in [3.8, 4) is 5.75 Å². The van der Waals surface area contributed by atoms with Gasteiger partial charge in [-0.25, -0.2) is 0 Å². The summed E-state index contributed by atoms with van der Waals surface area (Å²) in [5, 5.41) is 1.08. The van der Waals surface area contributed by atoms with Crippen LogP contribution in [0.25, 0.3) is 11.0 Å². The fraction of sp³-hybridized carbons (Fsp3) is 0.176. The van der Waals surface area contributed by atoms with E-state index in [2.05, 4.69) is 6.07 Å². The van der Waals surface area contributed by atoms with E-state index in [-0.39, 0.29) is 12.1 Å². The number of rotatable bonds is 2. The predicted molar refractivity (Wildman–Crippen MR) is 77.7 cm³/mol. The Morgan fingerprint density at radius 3 is 2.70 bits per heavy atom. The second-order valence-corrected chi connectivity index (χ2v) is 5.18. The van der Waals surface area contributed by atoms with E-state index in [1.165, 1.54) is 5.56 Å². The molecule has 3 nitrogen and oxygen atoms in total. The molecule has 2 N–H and O–H groups in total. The number of para-hydroxylation sites is 2. The van der Waals surface area contributed by atoms with Gasteiger partial charge in [-0.15, -0.1) is 0 Å². The van der Waals surface area contributed by atoms with E-state index < -0.39 is 0 Å². The van der Waals surface area contributed by atoms with Crippen LogP contribution in [-0.4, -0.2) is 6.10 Å². The fourth-order valence-electron chi connectivity index (χ4n) is 2.76. The molecule has 0 aliphatic carbocycles. The van der Waals surface area contributed by atoms with Gasteiger partial charge in [0.2, 0.25) is 0 Å². The highest BCUT2D eigenvalue weighted by molar-refractivity contribution is 5.77. The molecule has 4 rings (SSSR count). The second kappa shape index (κ2) is 4.39. The minimum atomic E-state index is -0.255. The molecule has 2 heterocycles. The van der Waals surface area contributed by atoms with Gasteiger partial charge >= 0.3 is 0 Å². The molecule has 3 heteroatoms. The van der Waals surface area contributed by atoms with Crippen LogP contribution in [-0.2, 0) is 6.42 Å². The van der Waals surface area contributed by atoms with Gasteiger partial charge in [-0.2, -0.15) is 0 Å². The van der Waals surface area contributed by atoms with Gasteiger partial charge in [0.25, 0.3) is 0 Å². The summed E-state index contributed by atoms with van der Waals surface area (Å²) in [5.74, 6) is 1.72. The van der Waals surface area contributed by atoms with Gasteiger partial charge in [0.15, 0.2) is 0 Å². The van der Waals surface area contributed by atoms with Gasteiger partial charge in [0, 0.05) is 11.8 Å². The van der Waals surface area contributed by atoms with E-state index in [4.69, 9.17) is 14.9 Å². The minimum absolute atomic E-state index is 0.0621. The average molecular weight is 265 g/mol. The quantitative estimate of drug-likeness (QED) is 0.772. The second-order valence-electron chi connectivity index (χ2n) is 5.18. The van der Waals surface area contributed by atoms with Crippen LogP contribution >= 0.6 is 0 Å². The standard InChI is InChI=1S/C17H15NO2/c18-17(15-9-11-5-1-3-7-13(11)19-15)16-10-12-6-2-4-8-14(12)20-16/h1-9,16-17H,10,18H2. The first-order valence-corrected chi connectivity index (χ1v) is 6.80. The van der Waals surface area contributed by atoms with E-state index in [1.807, 2.05) is 48.5 Å². The molecule has 0 radical (unpaired) electrons. The van der Waals surface area contributed by atoms with Gasteiger partial charge in [-0.05, 0) is 23.8 Å². The first-order valence-electron chi connectivity index (χ1n) is 6.80. The summed E-state index contributed by atoms with van der Waals surface area (Å²) < 4.78 is 11.8. The fourth-order valence-corrected chi connectivity index (χ4v) is 2.76. The summed E-state index contributed by atoms with van der Waals surface area (Å²) in [4.78, 5) is 0. The third-order valence-corrected chi connectivity index (χ3v) is 3.85. The molecule has 0 fully saturated rings. The maximum Gasteiger partial charge on any atom is 0.134 e. The molecule has 100 valence electrons. The zero-order valence-corrected chi connectivity index (χ0v) is 11.0. The molecule has 2 unspecified atom stereocenters. The van der Waals surface area contributed by atoms with Crippen molar-refractivity contribution in [3.63, 3.8) is 0 Å². The lowest BCUT2D eigenvalue weighted by molar-refractivity contribution is 0.188. The summed E-state index contributed by atoms with van der Waals surface area (Å²) >= 11 is 0. The van der Waals surface area contributed by atoms with Crippen molar-refractivity contribution in [1.82, 2.24) is 0 Å². The first-order chi connectivity index (χ1) is 9.81. The minimum Gasteiger partial charge on any atom is -0.488 e. The molecule has 1 aliphatic rings. The van der Waals surface area contributed by atoms with Crippen molar-refractivity contribution in [1.29, 1.82) is 0 Å². The van der Waals surface area contributed by atoms with E-state index in [1.54, 1.807) is 0 Å². The largest absolute Gasteiger partial charge is 0.488 e. The molecule has 0 saturated heterocycles. The van der Waals surface area contributed by atoms with Crippen LogP contribution in [0.4, 0.5) is 0 Å². The third kappa shape index (κ3) is 1.79. The highest BCUT2D eigenvalue weighted by atomic mass is 16.5. The topological polar surface area (TPSA) is 48.4 Å². The van der Waals surface area contributed by atoms with E-state index in [0.29, 0.717) is 0 Å². The summed E-state index contributed by atoms with van der Waals surface area (Å²) in [6.07, 6.45) is 0.766. The van der Waals surface area contributed by atoms with E-state index in [9.17, 15) is 0 Å². The monoisotopic (exact) mass is 265 g/mol. The maximum absolute atomic E-state index is 6.32. The number of nitrogens with two attached hydrogens (primary N) is 1. The van der Waals surface area contributed by atoms with Crippen molar-refractivity contribution < 1.29 is 9.15 Å². The van der Waals surface area contributed by atoms with Crippen molar-refractivity contribution in [2.75, 3.05) is 0 Å². The number of hydrogen-bond donors (Lipinski definition) is 1. The molecule has 1 aliphatic heterocycles. The summed E-state index contributed by atoms with van der Waals surface area (Å²) in [6, 6.07) is 17.8. The highest BCUT2D eigenvalue weighted by Gasteiger charge is 2.30. The van der Waals surface area contributed by atoms with Crippen molar-refractivity contribution in [2.45, 2.75) is 18.6 Å². The maximum atomic E-state index is 6.32. The molecular formula is C17H15NO2. The summed E-state index contributed by atoms with van der Waals surface area (Å²) in [7, 11) is 0. The van der Waals surface area contributed by atoms with Crippen molar-refractivity contribution in [2.24, 2.45) is 5.73 Å². The molecule has 0 bridgehead atoms. The number of ether oxygens (including phenoxy) is 1. The molecule has 2 aromatic carbocycles. The van der Waals surface area contributed by atoms with E-state index in [0.717, 1.165) is 28.9 Å². The number of fused-ring (bicyclic) bond motifs is 2. The van der Waals surface area contributed by atoms with Crippen LogP contribution in [0.15, 0.2) is 59.0 Å². The molecule has 1 aromatic heterocycles. The Morgan fingerprint density at radius 1 is 1.05 bits per heavy atom. The Bertz CT molecular complexity index is 704. The van der Waals surface area contributed by atoms with Gasteiger partial charge in [-0.3, -0.25) is 0 Å². The molecule has 20 heavy (non-hydrogen) atoms. The number of benzene rings is 2. The Morgan fingerprint density at radius 2 is 1.85 bits per heavy atom. The van der Waals surface area contributed by atoms with E-state index >= 15 is 0 Å². The SMILES string of the molecule is NC(c1cc2ccccc2o1)C1Cc2ccccc2O1. The predicted octanol–water partition coefficient (Wildman–Crippen LogP) is 3.44. The molecule has 0 spiro atoms. The van der Waals surface area contributed by atoms with Crippen LogP contribution in [0.3, 0.4) is 0 Å². The smallest absolute Gasteiger partial charge is 0.134 e. The average Bonchev–Trinajstić information content (AvgIpc) is 3.10. The Balaban J connectivity index is 1.63. The summed E-state index contributed by atoms with van der Waals surface area (Å²) in [6.45, 7) is 0. The van der Waals surface area contributed by atoms with Crippen LogP contribution < -0.4 is 10.5 Å². The lowest BCUT2D eigenvalue weighted by atomic mass is 10.0. The molecular weight excluding hydrogens is 250 g/mol. The zero-order chi connectivity index (χ0) is 13.5. The molecule has 0 amide bonds. The third-order valence-electron chi connectivity index (χ3n) is 3.85. The van der Waals surface area contributed by atoms with Gasteiger partial charge in [-0.1, -0.05) is 36.4 Å².